The lowest BCUT2D eigenvalue weighted by Crippen LogP contribution is -2.40. The largest absolute Gasteiger partial charge is 0.383 e. The first kappa shape index (κ1) is 15.8. The molecule has 7 heteroatoms. The highest BCUT2D eigenvalue weighted by Crippen LogP contribution is 2.25. The standard InChI is InChI=1S/C14H14ClFN2O2S/c1-14(20,11-6-3-7-21-11)8-17-13(19)18-10-5-2-4-9(15)12(10)16/h2-7,20H,8H2,1H3,(H2,17,18,19). The summed E-state index contributed by atoms with van der Waals surface area (Å²) >= 11 is 7.02. The molecule has 21 heavy (non-hydrogen) atoms. The topological polar surface area (TPSA) is 61.4 Å². The minimum absolute atomic E-state index is 0.00152. The van der Waals surface area contributed by atoms with E-state index in [1.54, 1.807) is 13.0 Å². The Bertz CT molecular complexity index is 632. The third kappa shape index (κ3) is 3.93. The molecule has 112 valence electrons. The first-order chi connectivity index (χ1) is 9.90. The van der Waals surface area contributed by atoms with E-state index in [9.17, 15) is 14.3 Å². The van der Waals surface area contributed by atoms with Crippen LogP contribution in [0.4, 0.5) is 14.9 Å². The van der Waals surface area contributed by atoms with Gasteiger partial charge in [-0.1, -0.05) is 23.7 Å². The highest BCUT2D eigenvalue weighted by Gasteiger charge is 2.25. The van der Waals surface area contributed by atoms with Crippen molar-refractivity contribution < 1.29 is 14.3 Å². The number of anilines is 1. The van der Waals surface area contributed by atoms with Crippen LogP contribution in [0.2, 0.25) is 5.02 Å². The van der Waals surface area contributed by atoms with E-state index >= 15 is 0 Å². The third-order valence-electron chi connectivity index (χ3n) is 2.84. The van der Waals surface area contributed by atoms with Crippen molar-refractivity contribution in [1.82, 2.24) is 5.32 Å². The molecule has 1 aromatic carbocycles. The highest BCUT2D eigenvalue weighted by atomic mass is 35.5. The summed E-state index contributed by atoms with van der Waals surface area (Å²) < 4.78 is 13.6. The SMILES string of the molecule is CC(O)(CNC(=O)Nc1cccc(Cl)c1F)c1cccs1. The van der Waals surface area contributed by atoms with Crippen LogP contribution < -0.4 is 10.6 Å². The Labute approximate surface area is 130 Å². The van der Waals surface area contributed by atoms with E-state index in [0.717, 1.165) is 4.88 Å². The summed E-state index contributed by atoms with van der Waals surface area (Å²) in [5.41, 5.74) is -1.20. The Morgan fingerprint density at radius 1 is 1.43 bits per heavy atom. The van der Waals surface area contributed by atoms with Gasteiger partial charge in [0.25, 0.3) is 0 Å². The molecule has 0 radical (unpaired) electrons. The Hall–Kier alpha value is -1.63. The van der Waals surface area contributed by atoms with Crippen molar-refractivity contribution in [3.8, 4) is 0 Å². The molecule has 1 atom stereocenters. The number of halogens is 2. The zero-order valence-corrected chi connectivity index (χ0v) is 12.8. The Kier molecular flexibility index (Phi) is 4.82. The van der Waals surface area contributed by atoms with Gasteiger partial charge in [-0.25, -0.2) is 9.18 Å². The number of benzene rings is 1. The van der Waals surface area contributed by atoms with Crippen molar-refractivity contribution >= 4 is 34.7 Å². The van der Waals surface area contributed by atoms with Crippen LogP contribution in [0.15, 0.2) is 35.7 Å². The number of carbonyl (C=O) groups is 1. The predicted octanol–water partition coefficient (Wildman–Crippen LogP) is 3.57. The normalized spacial score (nSPS) is 13.5. The lowest BCUT2D eigenvalue weighted by molar-refractivity contribution is 0.0637. The number of urea groups is 1. The van der Waals surface area contributed by atoms with E-state index in [1.165, 1.54) is 29.5 Å². The molecule has 0 aliphatic rings. The van der Waals surface area contributed by atoms with Gasteiger partial charge in [-0.15, -0.1) is 11.3 Å². The van der Waals surface area contributed by atoms with Crippen molar-refractivity contribution in [3.05, 3.63) is 51.4 Å². The maximum atomic E-state index is 13.6. The van der Waals surface area contributed by atoms with Crippen LogP contribution in [-0.2, 0) is 5.60 Å². The number of carbonyl (C=O) groups excluding carboxylic acids is 1. The molecule has 2 amide bonds. The van der Waals surface area contributed by atoms with Crippen LogP contribution in [0, 0.1) is 5.82 Å². The first-order valence-electron chi connectivity index (χ1n) is 6.15. The summed E-state index contributed by atoms with van der Waals surface area (Å²) in [5, 5.41) is 16.9. The summed E-state index contributed by atoms with van der Waals surface area (Å²) in [4.78, 5) is 12.5. The summed E-state index contributed by atoms with van der Waals surface area (Å²) in [6.07, 6.45) is 0. The zero-order chi connectivity index (χ0) is 15.5. The molecule has 3 N–H and O–H groups in total. The average molecular weight is 329 g/mol. The van der Waals surface area contributed by atoms with Crippen molar-refractivity contribution in [2.24, 2.45) is 0 Å². The zero-order valence-electron chi connectivity index (χ0n) is 11.2. The van der Waals surface area contributed by atoms with Crippen LogP contribution >= 0.6 is 22.9 Å². The maximum Gasteiger partial charge on any atom is 0.319 e. The Morgan fingerprint density at radius 2 is 2.19 bits per heavy atom. The highest BCUT2D eigenvalue weighted by molar-refractivity contribution is 7.10. The monoisotopic (exact) mass is 328 g/mol. The third-order valence-corrected chi connectivity index (χ3v) is 4.26. The van der Waals surface area contributed by atoms with Crippen LogP contribution in [0.1, 0.15) is 11.8 Å². The minimum atomic E-state index is -1.18. The van der Waals surface area contributed by atoms with E-state index in [-0.39, 0.29) is 17.3 Å². The molecule has 2 aromatic rings. The van der Waals surface area contributed by atoms with Crippen molar-refractivity contribution in [3.63, 3.8) is 0 Å². The number of hydrogen-bond donors (Lipinski definition) is 3. The average Bonchev–Trinajstić information content (AvgIpc) is 2.97. The smallest absolute Gasteiger partial charge is 0.319 e. The second kappa shape index (κ2) is 6.43. The Balaban J connectivity index is 1.95. The second-order valence-electron chi connectivity index (χ2n) is 4.66. The first-order valence-corrected chi connectivity index (χ1v) is 7.41. The van der Waals surface area contributed by atoms with Gasteiger partial charge in [0.2, 0.25) is 0 Å². The molecule has 0 aliphatic heterocycles. The van der Waals surface area contributed by atoms with Gasteiger partial charge >= 0.3 is 6.03 Å². The van der Waals surface area contributed by atoms with Crippen molar-refractivity contribution in [1.29, 1.82) is 0 Å². The van der Waals surface area contributed by atoms with E-state index in [1.807, 2.05) is 11.4 Å². The van der Waals surface area contributed by atoms with Crippen LogP contribution in [0.3, 0.4) is 0 Å². The maximum absolute atomic E-state index is 13.6. The molecular weight excluding hydrogens is 315 g/mol. The van der Waals surface area contributed by atoms with Crippen molar-refractivity contribution in [2.45, 2.75) is 12.5 Å². The molecule has 0 saturated carbocycles. The molecule has 0 saturated heterocycles. The summed E-state index contributed by atoms with van der Waals surface area (Å²) in [7, 11) is 0. The van der Waals surface area contributed by atoms with E-state index in [0.29, 0.717) is 0 Å². The molecule has 4 nitrogen and oxygen atoms in total. The van der Waals surface area contributed by atoms with Crippen molar-refractivity contribution in [2.75, 3.05) is 11.9 Å². The molecule has 0 fully saturated rings. The number of hydrogen-bond acceptors (Lipinski definition) is 3. The minimum Gasteiger partial charge on any atom is -0.383 e. The van der Waals surface area contributed by atoms with E-state index in [4.69, 9.17) is 11.6 Å². The quantitative estimate of drug-likeness (QED) is 0.803. The number of aliphatic hydroxyl groups is 1. The van der Waals surface area contributed by atoms with E-state index in [2.05, 4.69) is 10.6 Å². The van der Waals surface area contributed by atoms with E-state index < -0.39 is 17.4 Å². The predicted molar refractivity (Wildman–Crippen MR) is 82.3 cm³/mol. The molecule has 1 heterocycles. The molecule has 0 spiro atoms. The van der Waals surface area contributed by atoms with Gasteiger partial charge in [0.15, 0.2) is 5.82 Å². The number of nitrogens with one attached hydrogen (secondary N) is 2. The number of amides is 2. The van der Waals surface area contributed by atoms with Crippen LogP contribution in [0.5, 0.6) is 0 Å². The lowest BCUT2D eigenvalue weighted by atomic mass is 10.1. The van der Waals surface area contributed by atoms with Crippen LogP contribution in [0.25, 0.3) is 0 Å². The van der Waals surface area contributed by atoms with Gasteiger partial charge in [0, 0.05) is 4.88 Å². The fourth-order valence-corrected chi connectivity index (χ4v) is 2.65. The van der Waals surface area contributed by atoms with Gasteiger partial charge in [-0.05, 0) is 30.5 Å². The summed E-state index contributed by atoms with van der Waals surface area (Å²) in [6.45, 7) is 1.60. The fourth-order valence-electron chi connectivity index (χ4n) is 1.69. The van der Waals surface area contributed by atoms with Gasteiger partial charge in [-0.2, -0.15) is 0 Å². The number of thiophene rings is 1. The fraction of sp³-hybridized carbons (Fsp3) is 0.214. The van der Waals surface area contributed by atoms with Gasteiger partial charge in [-0.3, -0.25) is 0 Å². The molecule has 1 aromatic heterocycles. The van der Waals surface area contributed by atoms with Gasteiger partial charge in [0.1, 0.15) is 5.60 Å². The summed E-state index contributed by atoms with van der Waals surface area (Å²) in [6, 6.07) is 7.30. The number of rotatable bonds is 4. The molecular formula is C14H14ClFN2O2S. The summed E-state index contributed by atoms with van der Waals surface area (Å²) in [5.74, 6) is -0.695. The molecule has 0 aliphatic carbocycles. The second-order valence-corrected chi connectivity index (χ2v) is 6.02. The van der Waals surface area contributed by atoms with Gasteiger partial charge < -0.3 is 15.7 Å². The van der Waals surface area contributed by atoms with Gasteiger partial charge in [0.05, 0.1) is 17.3 Å². The molecule has 0 bridgehead atoms. The molecule has 2 rings (SSSR count). The van der Waals surface area contributed by atoms with Crippen LogP contribution in [-0.4, -0.2) is 17.7 Å². The molecule has 1 unspecified atom stereocenters. The lowest BCUT2D eigenvalue weighted by Gasteiger charge is -2.22. The Morgan fingerprint density at radius 3 is 2.86 bits per heavy atom.